The Bertz CT molecular complexity index is 1040. The third-order valence-electron chi connectivity index (χ3n) is 3.76. The summed E-state index contributed by atoms with van der Waals surface area (Å²) in [5.41, 5.74) is 2.70. The van der Waals surface area contributed by atoms with Crippen LogP contribution >= 0.6 is 11.3 Å². The van der Waals surface area contributed by atoms with Gasteiger partial charge in [0, 0.05) is 17.2 Å². The lowest BCUT2D eigenvalue weighted by Crippen LogP contribution is -2.08. The van der Waals surface area contributed by atoms with E-state index in [2.05, 4.69) is 29.1 Å². The molecule has 0 spiro atoms. The first-order valence-electron chi connectivity index (χ1n) is 7.97. The van der Waals surface area contributed by atoms with E-state index in [9.17, 15) is 4.39 Å². The Balaban J connectivity index is 1.78. The Morgan fingerprint density at radius 3 is 2.80 bits per heavy atom. The second kappa shape index (κ2) is 6.29. The number of aromatic nitrogens is 2. The number of oxazole rings is 1. The number of hydrogen-bond acceptors (Lipinski definition) is 5. The van der Waals surface area contributed by atoms with Crippen LogP contribution in [0.15, 0.2) is 53.3 Å². The van der Waals surface area contributed by atoms with Gasteiger partial charge in [-0.15, -0.1) is 0 Å². The van der Waals surface area contributed by atoms with Crippen molar-refractivity contribution in [2.75, 3.05) is 5.32 Å². The molecule has 0 unspecified atom stereocenters. The molecular weight excluding hydrogens is 337 g/mol. The molecule has 2 aromatic heterocycles. The van der Waals surface area contributed by atoms with Crippen LogP contribution in [-0.2, 0) is 0 Å². The van der Waals surface area contributed by atoms with Crippen LogP contribution in [0.25, 0.3) is 32.8 Å². The van der Waals surface area contributed by atoms with Crippen LogP contribution in [0.4, 0.5) is 9.52 Å². The van der Waals surface area contributed by atoms with Crippen molar-refractivity contribution in [3.63, 3.8) is 0 Å². The molecule has 0 bridgehead atoms. The summed E-state index contributed by atoms with van der Waals surface area (Å²) in [6, 6.07) is 12.8. The Kier molecular flexibility index (Phi) is 3.97. The van der Waals surface area contributed by atoms with Crippen molar-refractivity contribution in [2.45, 2.75) is 19.9 Å². The quantitative estimate of drug-likeness (QED) is 0.520. The zero-order valence-electron chi connectivity index (χ0n) is 13.8. The van der Waals surface area contributed by atoms with Crippen molar-refractivity contribution in [2.24, 2.45) is 0 Å². The molecule has 0 amide bonds. The molecule has 126 valence electrons. The number of rotatable bonds is 4. The van der Waals surface area contributed by atoms with E-state index in [-0.39, 0.29) is 5.82 Å². The fraction of sp³-hybridized carbons (Fsp3) is 0.158. The van der Waals surface area contributed by atoms with Gasteiger partial charge in [-0.05, 0) is 44.2 Å². The van der Waals surface area contributed by atoms with Crippen LogP contribution < -0.4 is 5.32 Å². The highest BCUT2D eigenvalue weighted by molar-refractivity contribution is 7.22. The number of fused-ring (bicyclic) bond motifs is 1. The first kappa shape index (κ1) is 15.8. The normalized spacial score (nSPS) is 11.4. The predicted molar refractivity (Wildman–Crippen MR) is 99.3 cm³/mol. The first-order valence-corrected chi connectivity index (χ1v) is 8.79. The van der Waals surface area contributed by atoms with E-state index in [1.807, 2.05) is 18.2 Å². The highest BCUT2D eigenvalue weighted by Crippen LogP contribution is 2.35. The number of nitrogens with zero attached hydrogens (tertiary/aromatic N) is 2. The van der Waals surface area contributed by atoms with Gasteiger partial charge in [0.25, 0.3) is 0 Å². The highest BCUT2D eigenvalue weighted by atomic mass is 32.1. The van der Waals surface area contributed by atoms with E-state index in [0.717, 1.165) is 20.9 Å². The van der Waals surface area contributed by atoms with E-state index in [1.165, 1.54) is 12.5 Å². The third kappa shape index (κ3) is 3.00. The molecule has 6 heteroatoms. The number of thiazole rings is 1. The molecule has 0 saturated carbocycles. The zero-order chi connectivity index (χ0) is 17.4. The van der Waals surface area contributed by atoms with E-state index in [1.54, 1.807) is 29.5 Å². The first-order chi connectivity index (χ1) is 12.1. The second-order valence-electron chi connectivity index (χ2n) is 6.01. The average molecular weight is 353 g/mol. The van der Waals surface area contributed by atoms with Gasteiger partial charge in [-0.3, -0.25) is 0 Å². The van der Waals surface area contributed by atoms with Crippen molar-refractivity contribution >= 4 is 26.7 Å². The summed E-state index contributed by atoms with van der Waals surface area (Å²) in [7, 11) is 0. The highest BCUT2D eigenvalue weighted by Gasteiger charge is 2.17. The van der Waals surface area contributed by atoms with Crippen molar-refractivity contribution in [1.29, 1.82) is 0 Å². The van der Waals surface area contributed by atoms with Gasteiger partial charge in [-0.25, -0.2) is 14.4 Å². The lowest BCUT2D eigenvalue weighted by molar-refractivity contribution is 0.572. The predicted octanol–water partition coefficient (Wildman–Crippen LogP) is 5.58. The maximum atomic E-state index is 14.1. The Morgan fingerprint density at radius 2 is 2.00 bits per heavy atom. The molecule has 1 N–H and O–H groups in total. The van der Waals surface area contributed by atoms with Gasteiger partial charge in [0.2, 0.25) is 0 Å². The molecule has 0 aliphatic carbocycles. The molecular formula is C19H16FN3OS. The maximum Gasteiger partial charge on any atom is 0.183 e. The molecule has 0 atom stereocenters. The van der Waals surface area contributed by atoms with Crippen LogP contribution in [0.3, 0.4) is 0 Å². The number of halogens is 1. The summed E-state index contributed by atoms with van der Waals surface area (Å²) in [5, 5.41) is 4.20. The Morgan fingerprint density at radius 1 is 1.16 bits per heavy atom. The minimum atomic E-state index is -0.320. The fourth-order valence-corrected chi connectivity index (χ4v) is 3.72. The van der Waals surface area contributed by atoms with Crippen LogP contribution in [0.1, 0.15) is 13.8 Å². The van der Waals surface area contributed by atoms with Gasteiger partial charge < -0.3 is 9.73 Å². The molecule has 0 radical (unpaired) electrons. The van der Waals surface area contributed by atoms with E-state index in [4.69, 9.17) is 4.42 Å². The monoisotopic (exact) mass is 353 g/mol. The molecule has 0 aliphatic rings. The van der Waals surface area contributed by atoms with Gasteiger partial charge in [-0.1, -0.05) is 23.5 Å². The smallest absolute Gasteiger partial charge is 0.183 e. The standard InChI is InChI=1S/C19H16FN3OS/c1-11(2)22-19-23-15-8-7-12(9-16(15)25-19)18-17(21-10-24-18)13-5-3-4-6-14(13)20/h3-11H,1-2H3,(H,22,23). The van der Waals surface area contributed by atoms with Crippen molar-refractivity contribution in [3.05, 3.63) is 54.7 Å². The Hall–Kier alpha value is -2.73. The molecule has 2 heterocycles. The second-order valence-corrected chi connectivity index (χ2v) is 7.04. The average Bonchev–Trinajstić information content (AvgIpc) is 3.19. The summed E-state index contributed by atoms with van der Waals surface area (Å²) >= 11 is 1.58. The number of benzene rings is 2. The molecule has 2 aromatic carbocycles. The number of nitrogens with one attached hydrogen (secondary N) is 1. The topological polar surface area (TPSA) is 51.0 Å². The van der Waals surface area contributed by atoms with E-state index < -0.39 is 0 Å². The van der Waals surface area contributed by atoms with Crippen LogP contribution in [0, 0.1) is 5.82 Å². The lowest BCUT2D eigenvalue weighted by Gasteiger charge is -2.03. The molecule has 4 aromatic rings. The summed E-state index contributed by atoms with van der Waals surface area (Å²) < 4.78 is 20.7. The van der Waals surface area contributed by atoms with E-state index in [0.29, 0.717) is 23.1 Å². The molecule has 25 heavy (non-hydrogen) atoms. The molecule has 0 fully saturated rings. The van der Waals surface area contributed by atoms with Crippen molar-refractivity contribution in [3.8, 4) is 22.6 Å². The molecule has 4 nitrogen and oxygen atoms in total. The zero-order valence-corrected chi connectivity index (χ0v) is 14.6. The molecule has 4 rings (SSSR count). The van der Waals surface area contributed by atoms with Gasteiger partial charge in [0.1, 0.15) is 11.5 Å². The minimum Gasteiger partial charge on any atom is -0.443 e. The third-order valence-corrected chi connectivity index (χ3v) is 4.71. The lowest BCUT2D eigenvalue weighted by atomic mass is 10.1. The van der Waals surface area contributed by atoms with Crippen LogP contribution in [0.5, 0.6) is 0 Å². The van der Waals surface area contributed by atoms with Gasteiger partial charge >= 0.3 is 0 Å². The summed E-state index contributed by atoms with van der Waals surface area (Å²) in [6.07, 6.45) is 1.35. The largest absolute Gasteiger partial charge is 0.443 e. The molecule has 0 aliphatic heterocycles. The fourth-order valence-electron chi connectivity index (χ4n) is 2.67. The van der Waals surface area contributed by atoms with Gasteiger partial charge in [0.15, 0.2) is 17.3 Å². The van der Waals surface area contributed by atoms with Crippen molar-refractivity contribution in [1.82, 2.24) is 9.97 Å². The Labute approximate surface area is 148 Å². The maximum absolute atomic E-state index is 14.1. The number of anilines is 1. The summed E-state index contributed by atoms with van der Waals surface area (Å²) in [5.74, 6) is 0.235. The van der Waals surface area contributed by atoms with Gasteiger partial charge in [0.05, 0.1) is 10.2 Å². The summed E-state index contributed by atoms with van der Waals surface area (Å²) in [4.78, 5) is 8.79. The SMILES string of the molecule is CC(C)Nc1nc2ccc(-c3ocnc3-c3ccccc3F)cc2s1. The van der Waals surface area contributed by atoms with Crippen LogP contribution in [0.2, 0.25) is 0 Å². The number of hydrogen-bond donors (Lipinski definition) is 1. The van der Waals surface area contributed by atoms with Crippen LogP contribution in [-0.4, -0.2) is 16.0 Å². The minimum absolute atomic E-state index is 0.320. The summed E-state index contributed by atoms with van der Waals surface area (Å²) in [6.45, 7) is 4.15. The van der Waals surface area contributed by atoms with E-state index >= 15 is 0 Å². The van der Waals surface area contributed by atoms with Gasteiger partial charge in [-0.2, -0.15) is 0 Å². The van der Waals surface area contributed by atoms with Crippen molar-refractivity contribution < 1.29 is 8.81 Å². The molecule has 0 saturated heterocycles.